The second-order valence-electron chi connectivity index (χ2n) is 7.47. The Morgan fingerprint density at radius 1 is 1.14 bits per heavy atom. The first kappa shape index (κ1) is 21.2. The lowest BCUT2D eigenvalue weighted by Gasteiger charge is -2.35. The number of hydrogen-bond donors (Lipinski definition) is 1. The van der Waals surface area contributed by atoms with Gasteiger partial charge in [-0.3, -0.25) is 4.79 Å². The quantitative estimate of drug-likeness (QED) is 0.545. The summed E-state index contributed by atoms with van der Waals surface area (Å²) in [5, 5.41) is 3.67. The van der Waals surface area contributed by atoms with Gasteiger partial charge in [-0.2, -0.15) is 0 Å². The van der Waals surface area contributed by atoms with Gasteiger partial charge in [0.2, 0.25) is 5.91 Å². The molecule has 0 saturated carbocycles. The van der Waals surface area contributed by atoms with Crippen molar-refractivity contribution in [3.8, 4) is 11.5 Å². The summed E-state index contributed by atoms with van der Waals surface area (Å²) >= 11 is 1.40. The van der Waals surface area contributed by atoms with Gasteiger partial charge in [-0.25, -0.2) is 9.97 Å². The van der Waals surface area contributed by atoms with Crippen molar-refractivity contribution in [1.29, 1.82) is 0 Å². The summed E-state index contributed by atoms with van der Waals surface area (Å²) < 4.78 is 10.5. The van der Waals surface area contributed by atoms with Gasteiger partial charge in [0.05, 0.1) is 20.0 Å². The summed E-state index contributed by atoms with van der Waals surface area (Å²) in [6.07, 6.45) is 2.83. The molecule has 29 heavy (non-hydrogen) atoms. The monoisotopic (exact) mass is 416 g/mol. The SMILES string of the molecule is COc1ccc(NC(=O)CSc2cc(N3CC(C)CC(C)C3)ncn2)cc1OC. The standard InChI is InChI=1S/C21H28N4O3S/c1-14-7-15(2)11-25(10-14)19-9-21(23-13-22-19)29-12-20(26)24-16-5-6-17(27-3)18(8-16)28-4/h5-6,8-9,13-15H,7,10-12H2,1-4H3,(H,24,26). The molecule has 0 spiro atoms. The number of rotatable bonds is 7. The van der Waals surface area contributed by atoms with Crippen molar-refractivity contribution in [3.63, 3.8) is 0 Å². The van der Waals surface area contributed by atoms with Gasteiger partial charge in [0.15, 0.2) is 11.5 Å². The highest BCUT2D eigenvalue weighted by molar-refractivity contribution is 7.99. The van der Waals surface area contributed by atoms with Crippen LogP contribution in [0.3, 0.4) is 0 Å². The van der Waals surface area contributed by atoms with Crippen LogP contribution < -0.4 is 19.7 Å². The van der Waals surface area contributed by atoms with E-state index in [9.17, 15) is 4.79 Å². The number of nitrogens with one attached hydrogen (secondary N) is 1. The Labute approximate surface area is 176 Å². The molecule has 1 aliphatic rings. The van der Waals surface area contributed by atoms with Crippen LogP contribution in [0.25, 0.3) is 0 Å². The lowest BCUT2D eigenvalue weighted by Crippen LogP contribution is -2.39. The molecule has 1 amide bonds. The second-order valence-corrected chi connectivity index (χ2v) is 8.47. The van der Waals surface area contributed by atoms with Crippen LogP contribution in [0.1, 0.15) is 20.3 Å². The first-order valence-electron chi connectivity index (χ1n) is 9.70. The molecule has 0 aliphatic carbocycles. The van der Waals surface area contributed by atoms with Gasteiger partial charge in [0, 0.05) is 30.9 Å². The van der Waals surface area contributed by atoms with Gasteiger partial charge in [0.25, 0.3) is 0 Å². The van der Waals surface area contributed by atoms with Crippen molar-refractivity contribution in [2.75, 3.05) is 43.3 Å². The highest BCUT2D eigenvalue weighted by Crippen LogP contribution is 2.30. The van der Waals surface area contributed by atoms with E-state index in [4.69, 9.17) is 9.47 Å². The number of benzene rings is 1. The summed E-state index contributed by atoms with van der Waals surface area (Å²) in [5.74, 6) is 3.58. The van der Waals surface area contributed by atoms with Crippen LogP contribution in [0.15, 0.2) is 35.6 Å². The van der Waals surface area contributed by atoms with Crippen molar-refractivity contribution < 1.29 is 14.3 Å². The van der Waals surface area contributed by atoms with Gasteiger partial charge in [0.1, 0.15) is 17.2 Å². The van der Waals surface area contributed by atoms with Crippen LogP contribution in [0.5, 0.6) is 11.5 Å². The Hall–Kier alpha value is -2.48. The zero-order chi connectivity index (χ0) is 20.8. The zero-order valence-electron chi connectivity index (χ0n) is 17.3. The fourth-order valence-corrected chi connectivity index (χ4v) is 4.34. The molecular formula is C21H28N4O3S. The predicted molar refractivity (Wildman–Crippen MR) is 116 cm³/mol. The highest BCUT2D eigenvalue weighted by atomic mass is 32.2. The number of amides is 1. The number of thioether (sulfide) groups is 1. The maximum atomic E-state index is 12.4. The average molecular weight is 417 g/mol. The number of aromatic nitrogens is 2. The van der Waals surface area contributed by atoms with Crippen LogP contribution >= 0.6 is 11.8 Å². The van der Waals surface area contributed by atoms with Crippen molar-refractivity contribution >= 4 is 29.2 Å². The molecule has 2 atom stereocenters. The lowest BCUT2D eigenvalue weighted by molar-refractivity contribution is -0.113. The van der Waals surface area contributed by atoms with Crippen LogP contribution in [0, 0.1) is 11.8 Å². The van der Waals surface area contributed by atoms with Crippen molar-refractivity contribution in [2.24, 2.45) is 11.8 Å². The molecular weight excluding hydrogens is 388 g/mol. The van der Waals surface area contributed by atoms with E-state index in [1.54, 1.807) is 38.7 Å². The fourth-order valence-electron chi connectivity index (χ4n) is 3.68. The minimum Gasteiger partial charge on any atom is -0.493 e. The molecule has 3 rings (SSSR count). The predicted octanol–water partition coefficient (Wildman–Crippen LogP) is 3.71. The molecule has 1 saturated heterocycles. The van der Waals surface area contributed by atoms with Gasteiger partial charge in [-0.05, 0) is 30.4 Å². The molecule has 0 radical (unpaired) electrons. The second kappa shape index (κ2) is 9.82. The number of carbonyl (C=O) groups is 1. The molecule has 8 heteroatoms. The molecule has 1 aromatic heterocycles. The van der Waals surface area contributed by atoms with E-state index in [0.29, 0.717) is 29.0 Å². The van der Waals surface area contributed by atoms with E-state index >= 15 is 0 Å². The molecule has 1 aliphatic heterocycles. The van der Waals surface area contributed by atoms with E-state index in [1.807, 2.05) is 6.07 Å². The molecule has 1 aromatic carbocycles. The number of methoxy groups -OCH3 is 2. The summed E-state index contributed by atoms with van der Waals surface area (Å²) in [4.78, 5) is 23.4. The topological polar surface area (TPSA) is 76.6 Å². The van der Waals surface area contributed by atoms with E-state index in [0.717, 1.165) is 23.9 Å². The fraction of sp³-hybridized carbons (Fsp3) is 0.476. The van der Waals surface area contributed by atoms with Gasteiger partial charge >= 0.3 is 0 Å². The number of ether oxygens (including phenoxy) is 2. The average Bonchev–Trinajstić information content (AvgIpc) is 2.71. The summed E-state index contributed by atoms with van der Waals surface area (Å²) in [7, 11) is 3.14. The maximum Gasteiger partial charge on any atom is 0.234 e. The first-order chi connectivity index (χ1) is 14.0. The molecule has 7 nitrogen and oxygen atoms in total. The number of carbonyl (C=O) groups excluding carboxylic acids is 1. The van der Waals surface area contributed by atoms with E-state index in [-0.39, 0.29) is 11.7 Å². The van der Waals surface area contributed by atoms with Crippen molar-refractivity contribution in [1.82, 2.24) is 9.97 Å². The van der Waals surface area contributed by atoms with Crippen molar-refractivity contribution in [3.05, 3.63) is 30.6 Å². The van der Waals surface area contributed by atoms with E-state index in [2.05, 4.69) is 34.0 Å². The van der Waals surface area contributed by atoms with E-state index < -0.39 is 0 Å². The van der Waals surface area contributed by atoms with Gasteiger partial charge in [-0.1, -0.05) is 25.6 Å². The smallest absolute Gasteiger partial charge is 0.234 e. The molecule has 2 unspecified atom stereocenters. The Bertz CT molecular complexity index is 838. The Morgan fingerprint density at radius 3 is 2.55 bits per heavy atom. The molecule has 2 heterocycles. The van der Waals surface area contributed by atoms with Crippen LogP contribution in [-0.4, -0.2) is 48.9 Å². The molecule has 2 aromatic rings. The largest absolute Gasteiger partial charge is 0.493 e. The highest BCUT2D eigenvalue weighted by Gasteiger charge is 2.23. The first-order valence-corrected chi connectivity index (χ1v) is 10.7. The summed E-state index contributed by atoms with van der Waals surface area (Å²) in [6, 6.07) is 7.26. The van der Waals surface area contributed by atoms with E-state index in [1.165, 1.54) is 18.2 Å². The minimum atomic E-state index is -0.109. The van der Waals surface area contributed by atoms with Gasteiger partial charge in [-0.15, -0.1) is 0 Å². The van der Waals surface area contributed by atoms with Crippen LogP contribution in [0.2, 0.25) is 0 Å². The molecule has 1 fully saturated rings. The third kappa shape index (κ3) is 5.76. The number of piperidine rings is 1. The number of hydrogen-bond acceptors (Lipinski definition) is 7. The summed E-state index contributed by atoms with van der Waals surface area (Å²) in [6.45, 7) is 6.56. The van der Waals surface area contributed by atoms with Gasteiger partial charge < -0.3 is 19.7 Å². The Morgan fingerprint density at radius 2 is 1.86 bits per heavy atom. The summed E-state index contributed by atoms with van der Waals surface area (Å²) in [5.41, 5.74) is 0.660. The zero-order valence-corrected chi connectivity index (χ0v) is 18.2. The molecule has 156 valence electrons. The normalized spacial score (nSPS) is 19.0. The van der Waals surface area contributed by atoms with Crippen molar-refractivity contribution in [2.45, 2.75) is 25.3 Å². The molecule has 1 N–H and O–H groups in total. The Balaban J connectivity index is 1.58. The number of anilines is 2. The molecule has 0 bridgehead atoms. The van der Waals surface area contributed by atoms with Crippen LogP contribution in [-0.2, 0) is 4.79 Å². The third-order valence-corrected chi connectivity index (χ3v) is 5.76. The maximum absolute atomic E-state index is 12.4. The lowest BCUT2D eigenvalue weighted by atomic mass is 9.92. The third-order valence-electron chi connectivity index (χ3n) is 4.84. The minimum absolute atomic E-state index is 0.109. The Kier molecular flexibility index (Phi) is 7.19. The number of nitrogens with zero attached hydrogens (tertiary/aromatic N) is 3. The van der Waals surface area contributed by atoms with Crippen LogP contribution in [0.4, 0.5) is 11.5 Å².